The van der Waals surface area contributed by atoms with E-state index in [1.807, 2.05) is 0 Å². The molecular weight excluding hydrogens is 318 g/mol. The largest absolute Gasteiger partial charge is 0.376 e. The van der Waals surface area contributed by atoms with Crippen LogP contribution in [0.5, 0.6) is 0 Å². The number of aromatic nitrogens is 1. The Bertz CT molecular complexity index is 699. The Morgan fingerprint density at radius 3 is 3.00 bits per heavy atom. The van der Waals surface area contributed by atoms with E-state index in [1.54, 1.807) is 12.4 Å². The molecule has 0 spiro atoms. The van der Waals surface area contributed by atoms with Crippen molar-refractivity contribution >= 4 is 15.9 Å². The van der Waals surface area contributed by atoms with Gasteiger partial charge in [0.15, 0.2) is 0 Å². The fourth-order valence-corrected chi connectivity index (χ4v) is 3.85. The Morgan fingerprint density at radius 2 is 2.30 bits per heavy atom. The van der Waals surface area contributed by atoms with Crippen LogP contribution in [0.4, 0.5) is 0 Å². The Kier molecular flexibility index (Phi) is 4.65. The molecule has 0 bridgehead atoms. The van der Waals surface area contributed by atoms with Gasteiger partial charge < -0.3 is 10.1 Å². The zero-order chi connectivity index (χ0) is 16.4. The van der Waals surface area contributed by atoms with Crippen LogP contribution in [0.2, 0.25) is 0 Å². The summed E-state index contributed by atoms with van der Waals surface area (Å²) in [7, 11) is -3.23. The minimum absolute atomic E-state index is 0.0900. The van der Waals surface area contributed by atoms with Crippen molar-refractivity contribution in [1.82, 2.24) is 14.6 Å². The Hall–Kier alpha value is -1.51. The third-order valence-corrected chi connectivity index (χ3v) is 5.58. The molecule has 1 aromatic rings. The predicted octanol–water partition coefficient (Wildman–Crippen LogP) is 0.308. The van der Waals surface area contributed by atoms with E-state index in [9.17, 15) is 13.2 Å². The fourth-order valence-electron chi connectivity index (χ4n) is 3.05. The van der Waals surface area contributed by atoms with Crippen LogP contribution in [-0.2, 0) is 27.7 Å². The second-order valence-corrected chi connectivity index (χ2v) is 8.00. The van der Waals surface area contributed by atoms with Crippen LogP contribution in [-0.4, -0.2) is 55.7 Å². The van der Waals surface area contributed by atoms with Crippen LogP contribution in [0.1, 0.15) is 34.3 Å². The van der Waals surface area contributed by atoms with Gasteiger partial charge in [-0.25, -0.2) is 8.42 Å². The van der Waals surface area contributed by atoms with E-state index in [1.165, 1.54) is 10.6 Å². The summed E-state index contributed by atoms with van der Waals surface area (Å²) in [6.45, 7) is 1.91. The third kappa shape index (κ3) is 3.70. The molecule has 2 aliphatic heterocycles. The summed E-state index contributed by atoms with van der Waals surface area (Å²) in [6, 6.07) is 0. The van der Waals surface area contributed by atoms with Gasteiger partial charge in [-0.1, -0.05) is 0 Å². The number of nitrogens with one attached hydrogen (secondary N) is 1. The maximum Gasteiger partial charge on any atom is 0.253 e. The van der Waals surface area contributed by atoms with E-state index in [0.717, 1.165) is 30.6 Å². The monoisotopic (exact) mass is 339 g/mol. The van der Waals surface area contributed by atoms with E-state index in [2.05, 4.69) is 10.3 Å². The summed E-state index contributed by atoms with van der Waals surface area (Å²) in [6.07, 6.45) is 7.01. The van der Waals surface area contributed by atoms with E-state index < -0.39 is 10.0 Å². The second kappa shape index (κ2) is 6.54. The van der Waals surface area contributed by atoms with Gasteiger partial charge in [-0.3, -0.25) is 9.78 Å². The van der Waals surface area contributed by atoms with Crippen LogP contribution in [0.3, 0.4) is 0 Å². The summed E-state index contributed by atoms with van der Waals surface area (Å²) in [5.41, 5.74) is 2.23. The lowest BCUT2D eigenvalue weighted by atomic mass is 9.98. The minimum Gasteiger partial charge on any atom is -0.376 e. The van der Waals surface area contributed by atoms with Crippen LogP contribution in [0.25, 0.3) is 0 Å². The van der Waals surface area contributed by atoms with Crippen molar-refractivity contribution in [2.75, 3.05) is 26.0 Å². The van der Waals surface area contributed by atoms with E-state index in [4.69, 9.17) is 4.74 Å². The smallest absolute Gasteiger partial charge is 0.253 e. The van der Waals surface area contributed by atoms with Crippen molar-refractivity contribution in [2.45, 2.75) is 31.9 Å². The Morgan fingerprint density at radius 1 is 1.48 bits per heavy atom. The highest BCUT2D eigenvalue weighted by atomic mass is 32.2. The lowest BCUT2D eigenvalue weighted by Gasteiger charge is -2.27. The molecule has 0 aliphatic carbocycles. The summed E-state index contributed by atoms with van der Waals surface area (Å²) < 4.78 is 30.3. The molecule has 2 aliphatic rings. The summed E-state index contributed by atoms with van der Waals surface area (Å²) in [5.74, 6) is -0.169. The van der Waals surface area contributed by atoms with Gasteiger partial charge in [0.25, 0.3) is 5.91 Å². The highest BCUT2D eigenvalue weighted by molar-refractivity contribution is 7.88. The maximum atomic E-state index is 12.4. The first-order valence-electron chi connectivity index (χ1n) is 7.76. The summed E-state index contributed by atoms with van der Waals surface area (Å²) in [4.78, 5) is 16.5. The first-order valence-corrected chi connectivity index (χ1v) is 9.60. The molecule has 1 fully saturated rings. The minimum atomic E-state index is -3.23. The number of carbonyl (C=O) groups is 1. The zero-order valence-corrected chi connectivity index (χ0v) is 13.9. The van der Waals surface area contributed by atoms with Crippen molar-refractivity contribution in [1.29, 1.82) is 0 Å². The third-order valence-electron chi connectivity index (χ3n) is 4.33. The molecule has 8 heteroatoms. The molecule has 1 N–H and O–H groups in total. The molecule has 0 saturated carbocycles. The number of rotatable bonds is 4. The van der Waals surface area contributed by atoms with Gasteiger partial charge in [-0.05, 0) is 30.4 Å². The topological polar surface area (TPSA) is 88.6 Å². The standard InChI is InChI=1S/C15H21N3O4S/c1-23(20,21)18-5-4-13-11(10-18)7-16-9-14(13)15(19)17-8-12-3-2-6-22-12/h7,9,12H,2-6,8,10H2,1H3,(H,17,19). The second-order valence-electron chi connectivity index (χ2n) is 6.02. The number of pyridine rings is 1. The van der Waals surface area contributed by atoms with E-state index >= 15 is 0 Å². The molecule has 0 aromatic carbocycles. The Labute approximate surface area is 136 Å². The number of fused-ring (bicyclic) bond motifs is 1. The molecule has 23 heavy (non-hydrogen) atoms. The quantitative estimate of drug-likeness (QED) is 0.853. The molecule has 0 radical (unpaired) electrons. The van der Waals surface area contributed by atoms with Gasteiger partial charge in [0.05, 0.1) is 17.9 Å². The van der Waals surface area contributed by atoms with Crippen molar-refractivity contribution in [3.05, 3.63) is 29.1 Å². The molecule has 1 unspecified atom stereocenters. The normalized spacial score (nSPS) is 21.9. The number of hydrogen-bond acceptors (Lipinski definition) is 5. The first-order chi connectivity index (χ1) is 10.9. The number of ether oxygens (including phenoxy) is 1. The zero-order valence-electron chi connectivity index (χ0n) is 13.1. The van der Waals surface area contributed by atoms with Gasteiger partial charge in [-0.15, -0.1) is 0 Å². The molecule has 1 saturated heterocycles. The molecule has 3 heterocycles. The van der Waals surface area contributed by atoms with Crippen LogP contribution in [0.15, 0.2) is 12.4 Å². The lowest BCUT2D eigenvalue weighted by molar-refractivity contribution is 0.0856. The van der Waals surface area contributed by atoms with Crippen molar-refractivity contribution in [3.8, 4) is 0 Å². The molecule has 1 atom stereocenters. The average Bonchev–Trinajstić information content (AvgIpc) is 3.04. The number of hydrogen-bond donors (Lipinski definition) is 1. The number of nitrogens with zero attached hydrogens (tertiary/aromatic N) is 2. The van der Waals surface area contributed by atoms with E-state index in [0.29, 0.717) is 25.1 Å². The van der Waals surface area contributed by atoms with Crippen LogP contribution >= 0.6 is 0 Å². The van der Waals surface area contributed by atoms with Gasteiger partial charge >= 0.3 is 0 Å². The number of sulfonamides is 1. The number of amides is 1. The Balaban J connectivity index is 1.73. The average molecular weight is 339 g/mol. The van der Waals surface area contributed by atoms with Gasteiger partial charge in [0.2, 0.25) is 10.0 Å². The van der Waals surface area contributed by atoms with Gasteiger partial charge in [-0.2, -0.15) is 4.31 Å². The number of carbonyl (C=O) groups excluding carboxylic acids is 1. The van der Waals surface area contributed by atoms with E-state index in [-0.39, 0.29) is 18.6 Å². The van der Waals surface area contributed by atoms with Gasteiger partial charge in [0, 0.05) is 38.6 Å². The van der Waals surface area contributed by atoms with Crippen molar-refractivity contribution in [2.24, 2.45) is 0 Å². The predicted molar refractivity (Wildman–Crippen MR) is 84.5 cm³/mol. The molecule has 7 nitrogen and oxygen atoms in total. The van der Waals surface area contributed by atoms with Gasteiger partial charge in [0.1, 0.15) is 0 Å². The lowest BCUT2D eigenvalue weighted by Crippen LogP contribution is -2.37. The molecule has 1 amide bonds. The molecule has 126 valence electrons. The molecule has 3 rings (SSSR count). The molecular formula is C15H21N3O4S. The highest BCUT2D eigenvalue weighted by Crippen LogP contribution is 2.23. The fraction of sp³-hybridized carbons (Fsp3) is 0.600. The SMILES string of the molecule is CS(=O)(=O)N1CCc2c(cncc2C(=O)NCC2CCCO2)C1. The highest BCUT2D eigenvalue weighted by Gasteiger charge is 2.27. The maximum absolute atomic E-state index is 12.4. The molecule has 1 aromatic heterocycles. The van der Waals surface area contributed by atoms with Crippen LogP contribution in [0, 0.1) is 0 Å². The van der Waals surface area contributed by atoms with Crippen LogP contribution < -0.4 is 5.32 Å². The van der Waals surface area contributed by atoms with Crippen molar-refractivity contribution in [3.63, 3.8) is 0 Å². The first kappa shape index (κ1) is 16.4. The van der Waals surface area contributed by atoms with Crippen molar-refractivity contribution < 1.29 is 17.9 Å². The summed E-state index contributed by atoms with van der Waals surface area (Å²) in [5, 5.41) is 2.90. The summed E-state index contributed by atoms with van der Waals surface area (Å²) >= 11 is 0.